The number of ether oxygens (including phenoxy) is 3. The highest BCUT2D eigenvalue weighted by atomic mass is 16.5. The van der Waals surface area contributed by atoms with Gasteiger partial charge in [0.25, 0.3) is 5.56 Å². The zero-order chi connectivity index (χ0) is 22.1. The number of furan rings is 1. The summed E-state index contributed by atoms with van der Waals surface area (Å²) in [5.41, 5.74) is 7.48. The van der Waals surface area contributed by atoms with E-state index in [1.54, 1.807) is 67.3 Å². The zero-order valence-electron chi connectivity index (χ0n) is 17.4. The molecule has 8 heteroatoms. The third kappa shape index (κ3) is 3.56. The van der Waals surface area contributed by atoms with Crippen LogP contribution in [-0.4, -0.2) is 24.8 Å². The smallest absolute Gasteiger partial charge is 0.340 e. The lowest BCUT2D eigenvalue weighted by atomic mass is 9.83. The Morgan fingerprint density at radius 3 is 2.68 bits per heavy atom. The van der Waals surface area contributed by atoms with E-state index in [2.05, 4.69) is 0 Å². The molecule has 0 spiro atoms. The summed E-state index contributed by atoms with van der Waals surface area (Å²) in [7, 11) is 2.80. The summed E-state index contributed by atoms with van der Waals surface area (Å²) in [6, 6.07) is 12.4. The molecule has 2 N–H and O–H groups in total. The molecule has 0 fully saturated rings. The number of esters is 1. The zero-order valence-corrected chi connectivity index (χ0v) is 17.4. The molecule has 0 aliphatic carbocycles. The van der Waals surface area contributed by atoms with Gasteiger partial charge in [-0.05, 0) is 36.8 Å². The standard InChI is InChI=1S/C23H22N2O6/c1-13-10-17-19(22(26)25(13)12-16-8-5-9-30-16)18(14-6-4-7-15(11-14)28-2)20(21(24)31-17)23(27)29-3/h4-11,18H,12,24H2,1-3H3/t18-/m0/s1. The highest BCUT2D eigenvalue weighted by Crippen LogP contribution is 2.42. The first kappa shape index (κ1) is 20.3. The highest BCUT2D eigenvalue weighted by Gasteiger charge is 2.38. The van der Waals surface area contributed by atoms with E-state index in [0.717, 1.165) is 0 Å². The second-order valence-corrected chi connectivity index (χ2v) is 7.12. The van der Waals surface area contributed by atoms with E-state index in [9.17, 15) is 9.59 Å². The number of hydrogen-bond acceptors (Lipinski definition) is 7. The fourth-order valence-corrected chi connectivity index (χ4v) is 3.80. The lowest BCUT2D eigenvalue weighted by Crippen LogP contribution is -2.35. The van der Waals surface area contributed by atoms with E-state index in [1.807, 2.05) is 0 Å². The van der Waals surface area contributed by atoms with Crippen LogP contribution in [0.15, 0.2) is 69.4 Å². The molecule has 0 unspecified atom stereocenters. The van der Waals surface area contributed by atoms with E-state index in [4.69, 9.17) is 24.4 Å². The van der Waals surface area contributed by atoms with Crippen molar-refractivity contribution >= 4 is 5.97 Å². The first-order valence-electron chi connectivity index (χ1n) is 9.61. The van der Waals surface area contributed by atoms with Gasteiger partial charge in [0.15, 0.2) is 0 Å². The summed E-state index contributed by atoms with van der Waals surface area (Å²) < 4.78 is 23.0. The lowest BCUT2D eigenvalue weighted by Gasteiger charge is -2.29. The van der Waals surface area contributed by atoms with Crippen molar-refractivity contribution in [1.29, 1.82) is 0 Å². The van der Waals surface area contributed by atoms with Gasteiger partial charge in [0.05, 0.1) is 38.5 Å². The van der Waals surface area contributed by atoms with Crippen LogP contribution in [0.4, 0.5) is 0 Å². The average molecular weight is 422 g/mol. The van der Waals surface area contributed by atoms with Crippen molar-refractivity contribution in [1.82, 2.24) is 4.57 Å². The van der Waals surface area contributed by atoms with Gasteiger partial charge in [-0.2, -0.15) is 0 Å². The fourth-order valence-electron chi connectivity index (χ4n) is 3.80. The number of fused-ring (bicyclic) bond motifs is 1. The Morgan fingerprint density at radius 1 is 1.19 bits per heavy atom. The van der Waals surface area contributed by atoms with E-state index in [-0.39, 0.29) is 23.6 Å². The monoisotopic (exact) mass is 422 g/mol. The maximum absolute atomic E-state index is 13.7. The van der Waals surface area contributed by atoms with Crippen LogP contribution in [0.5, 0.6) is 11.5 Å². The molecule has 1 aliphatic heterocycles. The van der Waals surface area contributed by atoms with Crippen molar-refractivity contribution in [2.75, 3.05) is 14.2 Å². The molecule has 3 aromatic rings. The number of nitrogens with two attached hydrogens (primary N) is 1. The van der Waals surface area contributed by atoms with Crippen molar-refractivity contribution in [3.05, 3.63) is 93.1 Å². The molecule has 160 valence electrons. The van der Waals surface area contributed by atoms with Crippen LogP contribution in [0.25, 0.3) is 0 Å². The van der Waals surface area contributed by atoms with E-state index >= 15 is 0 Å². The minimum atomic E-state index is -0.790. The molecule has 2 aromatic heterocycles. The molecule has 31 heavy (non-hydrogen) atoms. The topological polar surface area (TPSA) is 106 Å². The van der Waals surface area contributed by atoms with Crippen LogP contribution in [0.2, 0.25) is 0 Å². The molecule has 8 nitrogen and oxygen atoms in total. The Labute approximate surface area is 178 Å². The summed E-state index contributed by atoms with van der Waals surface area (Å²) >= 11 is 0. The van der Waals surface area contributed by atoms with E-state index < -0.39 is 11.9 Å². The van der Waals surface area contributed by atoms with Crippen LogP contribution < -0.4 is 20.8 Å². The molecule has 1 atom stereocenters. The van der Waals surface area contributed by atoms with Crippen LogP contribution in [-0.2, 0) is 16.1 Å². The first-order chi connectivity index (χ1) is 14.9. The van der Waals surface area contributed by atoms with Gasteiger partial charge < -0.3 is 28.9 Å². The Bertz CT molecular complexity index is 1220. The number of rotatable bonds is 5. The van der Waals surface area contributed by atoms with Gasteiger partial charge in [-0.25, -0.2) is 4.79 Å². The van der Waals surface area contributed by atoms with Crippen molar-refractivity contribution < 1.29 is 23.4 Å². The van der Waals surface area contributed by atoms with Gasteiger partial charge in [-0.15, -0.1) is 0 Å². The summed E-state index contributed by atoms with van der Waals surface area (Å²) in [6.45, 7) is 2.03. The molecule has 0 radical (unpaired) electrons. The molecule has 1 aromatic carbocycles. The van der Waals surface area contributed by atoms with Gasteiger partial charge in [-0.1, -0.05) is 12.1 Å². The number of aromatic nitrogens is 1. The third-order valence-corrected chi connectivity index (χ3v) is 5.30. The van der Waals surface area contributed by atoms with Gasteiger partial charge in [0.2, 0.25) is 5.88 Å². The molecule has 1 aliphatic rings. The van der Waals surface area contributed by atoms with Crippen molar-refractivity contribution in [2.24, 2.45) is 5.73 Å². The molecule has 4 rings (SSSR count). The molecule has 3 heterocycles. The third-order valence-electron chi connectivity index (χ3n) is 5.30. The van der Waals surface area contributed by atoms with Gasteiger partial charge >= 0.3 is 5.97 Å². The molecule has 0 saturated carbocycles. The number of pyridine rings is 1. The SMILES string of the molecule is COC(=O)C1=C(N)Oc2cc(C)n(Cc3ccco3)c(=O)c2[C@@H]1c1cccc(OC)c1. The minimum Gasteiger partial charge on any atom is -0.497 e. The number of benzene rings is 1. The van der Waals surface area contributed by atoms with Crippen LogP contribution in [0.1, 0.15) is 28.5 Å². The molecular weight excluding hydrogens is 400 g/mol. The Morgan fingerprint density at radius 2 is 2.00 bits per heavy atom. The number of carbonyl (C=O) groups excluding carboxylic acids is 1. The van der Waals surface area contributed by atoms with E-state index in [0.29, 0.717) is 34.1 Å². The average Bonchev–Trinajstić information content (AvgIpc) is 3.28. The van der Waals surface area contributed by atoms with Crippen LogP contribution >= 0.6 is 0 Å². The number of carbonyl (C=O) groups is 1. The maximum Gasteiger partial charge on any atom is 0.340 e. The first-order valence-corrected chi connectivity index (χ1v) is 9.61. The summed E-state index contributed by atoms with van der Waals surface area (Å²) in [6.07, 6.45) is 1.55. The summed E-state index contributed by atoms with van der Waals surface area (Å²) in [4.78, 5) is 26.3. The molecule has 0 amide bonds. The Hall–Kier alpha value is -3.94. The Kier molecular flexibility index (Phi) is 5.29. The van der Waals surface area contributed by atoms with Gasteiger partial charge in [0, 0.05) is 11.8 Å². The number of hydrogen-bond donors (Lipinski definition) is 1. The van der Waals surface area contributed by atoms with Crippen LogP contribution in [0.3, 0.4) is 0 Å². The van der Waals surface area contributed by atoms with Crippen molar-refractivity contribution in [3.63, 3.8) is 0 Å². The number of nitrogens with zero attached hydrogens (tertiary/aromatic N) is 1. The maximum atomic E-state index is 13.7. The van der Waals surface area contributed by atoms with E-state index in [1.165, 1.54) is 7.11 Å². The van der Waals surface area contributed by atoms with Crippen molar-refractivity contribution in [3.8, 4) is 11.5 Å². The second-order valence-electron chi connectivity index (χ2n) is 7.12. The lowest BCUT2D eigenvalue weighted by molar-refractivity contribution is -0.136. The van der Waals surface area contributed by atoms with Crippen molar-refractivity contribution in [2.45, 2.75) is 19.4 Å². The number of methoxy groups -OCH3 is 2. The quantitative estimate of drug-likeness (QED) is 0.630. The normalized spacial score (nSPS) is 15.3. The Balaban J connectivity index is 1.96. The summed E-state index contributed by atoms with van der Waals surface area (Å²) in [5, 5.41) is 0. The van der Waals surface area contributed by atoms with Crippen LogP contribution in [0, 0.1) is 6.92 Å². The molecule has 0 bridgehead atoms. The fraction of sp³-hybridized carbons (Fsp3) is 0.217. The predicted octanol–water partition coefficient (Wildman–Crippen LogP) is 2.67. The highest BCUT2D eigenvalue weighted by molar-refractivity contribution is 5.92. The van der Waals surface area contributed by atoms with Gasteiger partial charge in [-0.3, -0.25) is 4.79 Å². The van der Waals surface area contributed by atoms with Gasteiger partial charge in [0.1, 0.15) is 22.8 Å². The second kappa shape index (κ2) is 8.06. The number of aryl methyl sites for hydroxylation is 1. The molecule has 0 saturated heterocycles. The molecular formula is C23H22N2O6. The largest absolute Gasteiger partial charge is 0.497 e. The minimum absolute atomic E-state index is 0.0637. The predicted molar refractivity (Wildman–Crippen MR) is 112 cm³/mol. The summed E-state index contributed by atoms with van der Waals surface area (Å²) in [5.74, 6) is -0.0545.